The molecule has 0 radical (unpaired) electrons. The molecular weight excluding hydrogens is 431 g/mol. The summed E-state index contributed by atoms with van der Waals surface area (Å²) in [5.41, 5.74) is 0.148. The van der Waals surface area contributed by atoms with Crippen LogP contribution in [0.3, 0.4) is 0 Å². The van der Waals surface area contributed by atoms with Crippen LogP contribution >= 0.6 is 0 Å². The van der Waals surface area contributed by atoms with Crippen LogP contribution in [0.1, 0.15) is 37.6 Å². The molecule has 0 aliphatic heterocycles. The number of Topliss-reactive ketones (excluding diaryl/α,β-unsaturated/α-hetero) is 2. The van der Waals surface area contributed by atoms with Crippen molar-refractivity contribution < 1.29 is 37.1 Å². The van der Waals surface area contributed by atoms with Crippen LogP contribution in [0.4, 0.5) is 18.9 Å². The zero-order valence-corrected chi connectivity index (χ0v) is 16.6. The van der Waals surface area contributed by atoms with Gasteiger partial charge in [0.25, 0.3) is 0 Å². The first kappa shape index (κ1) is 22.7. The van der Waals surface area contributed by atoms with E-state index in [1.165, 1.54) is 43.6 Å². The van der Waals surface area contributed by atoms with E-state index in [2.05, 4.69) is 10.3 Å². The minimum atomic E-state index is -5.06. The van der Waals surface area contributed by atoms with Crippen molar-refractivity contribution in [3.05, 3.63) is 65.1 Å². The van der Waals surface area contributed by atoms with Gasteiger partial charge in [-0.2, -0.15) is 13.2 Å². The highest BCUT2D eigenvalue weighted by Gasteiger charge is 2.38. The second-order valence-electron chi connectivity index (χ2n) is 6.61. The number of aromatic nitrogens is 1. The van der Waals surface area contributed by atoms with E-state index in [9.17, 15) is 32.3 Å². The Kier molecular flexibility index (Phi) is 6.37. The molecule has 1 aliphatic carbocycles. The zero-order chi connectivity index (χ0) is 23.5. The summed E-state index contributed by atoms with van der Waals surface area (Å²) in [7, 11) is 1.36. The zero-order valence-electron chi connectivity index (χ0n) is 16.6. The van der Waals surface area contributed by atoms with Crippen LogP contribution < -0.4 is 15.4 Å². The van der Waals surface area contributed by atoms with E-state index < -0.39 is 42.4 Å². The van der Waals surface area contributed by atoms with Crippen molar-refractivity contribution in [2.75, 3.05) is 19.0 Å². The number of nitrogens with zero attached hydrogens (tertiary/aromatic N) is 1. The fourth-order valence-electron chi connectivity index (χ4n) is 2.95. The monoisotopic (exact) mass is 447 g/mol. The van der Waals surface area contributed by atoms with Gasteiger partial charge in [0.1, 0.15) is 11.4 Å². The number of ketones is 3. The number of hydrogen-bond donors (Lipinski definition) is 2. The summed E-state index contributed by atoms with van der Waals surface area (Å²) < 4.78 is 42.0. The van der Waals surface area contributed by atoms with Gasteiger partial charge in [-0.3, -0.25) is 24.2 Å². The molecule has 1 amide bonds. The van der Waals surface area contributed by atoms with E-state index in [1.54, 1.807) is 5.32 Å². The molecule has 1 aromatic heterocycles. The van der Waals surface area contributed by atoms with Crippen LogP contribution in [0.2, 0.25) is 0 Å². The summed E-state index contributed by atoms with van der Waals surface area (Å²) in [4.78, 5) is 52.5. The minimum absolute atomic E-state index is 0.00346. The number of allylic oxidation sites excluding steroid dienone is 2. The number of fused-ring (bicyclic) bond motifs is 1. The molecule has 8 nitrogen and oxygen atoms in total. The molecule has 11 heteroatoms. The Morgan fingerprint density at radius 1 is 1.16 bits per heavy atom. The first-order chi connectivity index (χ1) is 15.1. The number of carbonyl (C=O) groups excluding carboxylic acids is 4. The molecule has 0 bridgehead atoms. The Morgan fingerprint density at radius 3 is 2.59 bits per heavy atom. The van der Waals surface area contributed by atoms with Gasteiger partial charge in [-0.15, -0.1) is 0 Å². The molecular formula is C21H16F3N3O5. The maximum Gasteiger partial charge on any atom is 0.471 e. The molecule has 2 N–H and O–H groups in total. The Labute approximate surface area is 179 Å². The third-order valence-corrected chi connectivity index (χ3v) is 4.50. The maximum absolute atomic E-state index is 12.7. The van der Waals surface area contributed by atoms with Gasteiger partial charge in [0.05, 0.1) is 18.4 Å². The van der Waals surface area contributed by atoms with Crippen LogP contribution in [-0.2, 0) is 4.79 Å². The Bertz CT molecular complexity index is 1140. The van der Waals surface area contributed by atoms with E-state index in [4.69, 9.17) is 4.74 Å². The van der Waals surface area contributed by atoms with E-state index in [-0.39, 0.29) is 34.0 Å². The van der Waals surface area contributed by atoms with Crippen LogP contribution in [0.25, 0.3) is 0 Å². The Morgan fingerprint density at radius 2 is 1.91 bits per heavy atom. The molecule has 0 saturated heterocycles. The van der Waals surface area contributed by atoms with Crippen molar-refractivity contribution in [1.29, 1.82) is 0 Å². The van der Waals surface area contributed by atoms with E-state index in [0.717, 1.165) is 6.08 Å². The number of benzene rings is 1. The van der Waals surface area contributed by atoms with Gasteiger partial charge in [0.2, 0.25) is 11.6 Å². The molecule has 32 heavy (non-hydrogen) atoms. The highest BCUT2D eigenvalue weighted by atomic mass is 19.4. The smallest absolute Gasteiger partial charge is 0.471 e. The topological polar surface area (TPSA) is 114 Å². The molecule has 0 spiro atoms. The normalized spacial score (nSPS) is 13.2. The van der Waals surface area contributed by atoms with Crippen molar-refractivity contribution in [3.63, 3.8) is 0 Å². The van der Waals surface area contributed by atoms with Crippen LogP contribution in [-0.4, -0.2) is 48.1 Å². The quantitative estimate of drug-likeness (QED) is 0.628. The van der Waals surface area contributed by atoms with Crippen molar-refractivity contribution in [2.45, 2.75) is 12.6 Å². The number of carbonyl (C=O) groups is 4. The van der Waals surface area contributed by atoms with Crippen LogP contribution in [0.5, 0.6) is 5.75 Å². The van der Waals surface area contributed by atoms with Gasteiger partial charge in [0.15, 0.2) is 5.78 Å². The lowest BCUT2D eigenvalue weighted by Crippen LogP contribution is -2.37. The van der Waals surface area contributed by atoms with Gasteiger partial charge >= 0.3 is 12.1 Å². The number of ether oxygens (including phenoxy) is 1. The summed E-state index contributed by atoms with van der Waals surface area (Å²) in [6.45, 7) is -0.549. The minimum Gasteiger partial charge on any atom is -0.497 e. The predicted octanol–water partition coefficient (Wildman–Crippen LogP) is 2.72. The van der Waals surface area contributed by atoms with Crippen molar-refractivity contribution in [2.24, 2.45) is 0 Å². The summed E-state index contributed by atoms with van der Waals surface area (Å²) in [5.74, 6) is -3.50. The number of halogens is 3. The molecule has 3 rings (SSSR count). The van der Waals surface area contributed by atoms with Gasteiger partial charge in [0, 0.05) is 36.5 Å². The molecule has 2 aromatic rings. The number of methoxy groups -OCH3 is 1. The predicted molar refractivity (Wildman–Crippen MR) is 106 cm³/mol. The third kappa shape index (κ3) is 4.82. The van der Waals surface area contributed by atoms with Crippen molar-refractivity contribution >= 4 is 28.9 Å². The van der Waals surface area contributed by atoms with Gasteiger partial charge in [-0.05, 0) is 30.3 Å². The van der Waals surface area contributed by atoms with E-state index >= 15 is 0 Å². The Balaban J connectivity index is 1.82. The summed E-state index contributed by atoms with van der Waals surface area (Å²) in [5, 5.41) is 4.37. The molecule has 0 fully saturated rings. The maximum atomic E-state index is 12.7. The van der Waals surface area contributed by atoms with Crippen molar-refractivity contribution in [1.82, 2.24) is 10.3 Å². The largest absolute Gasteiger partial charge is 0.497 e. The number of anilines is 1. The number of pyridine rings is 1. The van der Waals surface area contributed by atoms with Crippen LogP contribution in [0.15, 0.2) is 48.3 Å². The molecule has 0 unspecified atom stereocenters. The number of alkyl halides is 3. The molecule has 1 heterocycles. The fourth-order valence-corrected chi connectivity index (χ4v) is 2.95. The average molecular weight is 447 g/mol. The fraction of sp³-hybridized carbons (Fsp3) is 0.190. The molecule has 0 atom stereocenters. The summed E-state index contributed by atoms with van der Waals surface area (Å²) >= 11 is 0. The van der Waals surface area contributed by atoms with Crippen molar-refractivity contribution in [3.8, 4) is 5.75 Å². The molecule has 166 valence electrons. The number of nitrogens with one attached hydrogen (secondary N) is 2. The van der Waals surface area contributed by atoms with Gasteiger partial charge < -0.3 is 15.4 Å². The standard InChI is InChI=1S/C21H16F3N3O5/c1-32-11-4-5-14(13(9-11)16(28)6-8-26-20(31)21(22,23)24)27-15-10-17(29)18-12(19(15)30)3-2-7-25-18/h2-5,7,9-10,27H,6,8H2,1H3,(H,26,31). The second-order valence-corrected chi connectivity index (χ2v) is 6.61. The summed E-state index contributed by atoms with van der Waals surface area (Å²) in [6.07, 6.45) is -3.06. The molecule has 1 aromatic carbocycles. The lowest BCUT2D eigenvalue weighted by Gasteiger charge is -2.18. The van der Waals surface area contributed by atoms with Gasteiger partial charge in [-0.1, -0.05) is 0 Å². The van der Waals surface area contributed by atoms with E-state index in [0.29, 0.717) is 0 Å². The number of hydrogen-bond acceptors (Lipinski definition) is 7. The first-order valence-corrected chi connectivity index (χ1v) is 9.21. The van der Waals surface area contributed by atoms with E-state index in [1.807, 2.05) is 0 Å². The molecule has 1 aliphatic rings. The average Bonchev–Trinajstić information content (AvgIpc) is 2.76. The first-order valence-electron chi connectivity index (χ1n) is 9.21. The SMILES string of the molecule is COc1ccc(NC2=CC(=O)c3ncccc3C2=O)c(C(=O)CCNC(=O)C(F)(F)F)c1. The van der Waals surface area contributed by atoms with Crippen LogP contribution in [0, 0.1) is 0 Å². The lowest BCUT2D eigenvalue weighted by molar-refractivity contribution is -0.173. The highest BCUT2D eigenvalue weighted by molar-refractivity contribution is 6.24. The molecule has 0 saturated carbocycles. The Hall–Kier alpha value is -4.02. The third-order valence-electron chi connectivity index (χ3n) is 4.50. The number of amides is 1. The van der Waals surface area contributed by atoms with Gasteiger partial charge in [-0.25, -0.2) is 0 Å². The highest BCUT2D eigenvalue weighted by Crippen LogP contribution is 2.27. The lowest BCUT2D eigenvalue weighted by atomic mass is 9.96. The summed E-state index contributed by atoms with van der Waals surface area (Å²) in [6, 6.07) is 7.21. The number of rotatable bonds is 7. The second kappa shape index (κ2) is 9.00.